The molecule has 0 radical (unpaired) electrons. The summed E-state index contributed by atoms with van der Waals surface area (Å²) < 4.78 is 53.3. The Balaban J connectivity index is 1.06. The number of hydrogen-bond acceptors (Lipinski definition) is 12. The van der Waals surface area contributed by atoms with Crippen molar-refractivity contribution < 1.29 is 46.6 Å². The number of imide groups is 2. The molecule has 3 aliphatic heterocycles. The summed E-state index contributed by atoms with van der Waals surface area (Å²) in [5.41, 5.74) is 6.43. The van der Waals surface area contributed by atoms with Gasteiger partial charge in [0.2, 0.25) is 17.7 Å². The third-order valence-corrected chi connectivity index (χ3v) is 12.5. The van der Waals surface area contributed by atoms with Gasteiger partial charge in [-0.25, -0.2) is 9.97 Å². The summed E-state index contributed by atoms with van der Waals surface area (Å²) in [5, 5.41) is 8.82. The number of carbonyl (C=O) groups excluding carboxylic acids is 5. The van der Waals surface area contributed by atoms with E-state index < -0.39 is 47.5 Å². The molecule has 5 amide bonds. The number of nitrogen functional groups attached to an aromatic ring is 1. The Labute approximate surface area is 354 Å². The molecule has 8 rings (SSSR count). The van der Waals surface area contributed by atoms with Crippen molar-refractivity contribution in [2.24, 2.45) is 11.3 Å². The largest absolute Gasteiger partial charge is 0.493 e. The molecule has 3 aromatic carbocycles. The molecule has 2 saturated heterocycles. The van der Waals surface area contributed by atoms with Crippen LogP contribution < -0.4 is 36.1 Å². The predicted octanol–water partition coefficient (Wildman–Crippen LogP) is 5.70. The number of nitrogens with one attached hydrogen (secondary N) is 3. The van der Waals surface area contributed by atoms with E-state index in [1.807, 2.05) is 0 Å². The minimum Gasteiger partial charge on any atom is -0.493 e. The second-order valence-electron chi connectivity index (χ2n) is 16.7. The van der Waals surface area contributed by atoms with Gasteiger partial charge in [-0.05, 0) is 94.3 Å². The Kier molecular flexibility index (Phi) is 11.0. The average molecular weight is 857 g/mol. The molecule has 15 nitrogen and oxygen atoms in total. The lowest BCUT2D eigenvalue weighted by Crippen LogP contribution is -2.54. The van der Waals surface area contributed by atoms with Crippen molar-refractivity contribution in [1.82, 2.24) is 25.5 Å². The number of aromatic nitrogens is 2. The van der Waals surface area contributed by atoms with Crippen LogP contribution in [0.2, 0.25) is 0 Å². The van der Waals surface area contributed by atoms with Gasteiger partial charge in [-0.15, -0.1) is 0 Å². The zero-order valence-electron chi connectivity index (χ0n) is 34.7. The monoisotopic (exact) mass is 856 g/mol. The number of ether oxygens (including phenoxy) is 2. The summed E-state index contributed by atoms with van der Waals surface area (Å²) >= 11 is 0. The minimum atomic E-state index is -4.58. The van der Waals surface area contributed by atoms with Crippen molar-refractivity contribution in [2.75, 3.05) is 43.3 Å². The van der Waals surface area contributed by atoms with E-state index in [0.717, 1.165) is 29.9 Å². The van der Waals surface area contributed by atoms with E-state index in [9.17, 15) is 37.1 Å². The highest BCUT2D eigenvalue weighted by atomic mass is 19.4. The molecule has 4 unspecified atom stereocenters. The molecular formula is C44H47F3N8O7. The SMILES string of the molecule is CNC(=O)C1CCN(c2cccc3c2C(=O)N(C2CCC(=O)NC2=O)C3=O)C(CC2(COc3cc4c(NC(C)c5cc(N)cc(C(F)(F)F)c5)nc(C)nc4cc3OC)CC2)C1. The molecule has 1 saturated carbocycles. The van der Waals surface area contributed by atoms with E-state index in [4.69, 9.17) is 15.2 Å². The van der Waals surface area contributed by atoms with Crippen LogP contribution in [0.15, 0.2) is 48.5 Å². The first-order chi connectivity index (χ1) is 29.5. The van der Waals surface area contributed by atoms with Crippen molar-refractivity contribution in [2.45, 2.75) is 83.1 Å². The molecule has 5 N–H and O–H groups in total. The second kappa shape index (κ2) is 16.1. The zero-order chi connectivity index (χ0) is 44.2. The van der Waals surface area contributed by atoms with Gasteiger partial charge < -0.3 is 30.7 Å². The molecule has 1 aliphatic carbocycles. The number of hydrogen-bond donors (Lipinski definition) is 4. The second-order valence-corrected chi connectivity index (χ2v) is 16.7. The topological polar surface area (TPSA) is 198 Å². The highest BCUT2D eigenvalue weighted by Crippen LogP contribution is 2.53. The molecule has 62 heavy (non-hydrogen) atoms. The van der Waals surface area contributed by atoms with Crippen molar-refractivity contribution in [3.63, 3.8) is 0 Å². The van der Waals surface area contributed by atoms with Crippen LogP contribution in [0.4, 0.5) is 30.4 Å². The highest BCUT2D eigenvalue weighted by Gasteiger charge is 2.50. The van der Waals surface area contributed by atoms with E-state index in [1.165, 1.54) is 13.2 Å². The van der Waals surface area contributed by atoms with E-state index in [-0.39, 0.29) is 59.5 Å². The molecule has 326 valence electrons. The normalized spacial score (nSPS) is 21.4. The van der Waals surface area contributed by atoms with Gasteiger partial charge in [0.1, 0.15) is 17.7 Å². The van der Waals surface area contributed by atoms with Crippen molar-refractivity contribution in [3.8, 4) is 11.5 Å². The number of amides is 5. The van der Waals surface area contributed by atoms with Gasteiger partial charge >= 0.3 is 6.18 Å². The maximum absolute atomic E-state index is 14.1. The molecule has 4 heterocycles. The molecule has 4 aromatic rings. The fourth-order valence-corrected chi connectivity index (χ4v) is 9.07. The molecule has 1 aromatic heterocycles. The Bertz CT molecular complexity index is 2510. The quantitative estimate of drug-likeness (QED) is 0.100. The van der Waals surface area contributed by atoms with E-state index in [0.29, 0.717) is 71.1 Å². The number of benzene rings is 3. The maximum Gasteiger partial charge on any atom is 0.416 e. The van der Waals surface area contributed by atoms with Gasteiger partial charge in [-0.3, -0.25) is 34.2 Å². The number of nitrogens with two attached hydrogens (primary N) is 1. The zero-order valence-corrected chi connectivity index (χ0v) is 34.7. The van der Waals surface area contributed by atoms with Gasteiger partial charge in [-0.2, -0.15) is 13.2 Å². The number of rotatable bonds is 12. The number of fused-ring (bicyclic) bond motifs is 2. The number of piperidine rings is 2. The lowest BCUT2D eigenvalue weighted by Gasteiger charge is -2.42. The summed E-state index contributed by atoms with van der Waals surface area (Å²) in [7, 11) is 3.11. The molecular weight excluding hydrogens is 810 g/mol. The van der Waals surface area contributed by atoms with Crippen molar-refractivity contribution >= 4 is 57.6 Å². The fraction of sp³-hybridized carbons (Fsp3) is 0.432. The molecule has 0 spiro atoms. The molecule has 4 aliphatic rings. The number of anilines is 3. The highest BCUT2D eigenvalue weighted by molar-refractivity contribution is 6.25. The molecule has 0 bridgehead atoms. The number of halogens is 3. The molecule has 4 atom stereocenters. The average Bonchev–Trinajstić information content (AvgIpc) is 3.95. The van der Waals surface area contributed by atoms with Crippen LogP contribution >= 0.6 is 0 Å². The standard InChI is InChI=1S/C44H47F3N8O7/c1-22(25-14-26(44(45,46)47)17-27(48)15-25)50-38-30-18-35(34(61-4)19-31(30)51-23(2)52-38)62-21-43(11-12-43)20-28-16-24(39(57)49-3)10-13-54(28)32-7-5-6-29-37(32)42(60)55(41(29)59)33-8-9-36(56)53-40(33)58/h5-7,14-15,17-19,22,24,28,33H,8-13,16,20-21,48H2,1-4H3,(H,49,57)(H,50,51,52)(H,53,56,58). The minimum absolute atomic E-state index is 0.00488. The molecule has 3 fully saturated rings. The third-order valence-electron chi connectivity index (χ3n) is 12.5. The van der Waals surface area contributed by atoms with Crippen molar-refractivity contribution in [1.29, 1.82) is 0 Å². The van der Waals surface area contributed by atoms with Crippen LogP contribution in [0.1, 0.15) is 95.6 Å². The van der Waals surface area contributed by atoms with Gasteiger partial charge in [0, 0.05) is 54.5 Å². The van der Waals surface area contributed by atoms with Crippen LogP contribution in [0.3, 0.4) is 0 Å². The van der Waals surface area contributed by atoms with Crippen LogP contribution in [-0.2, 0) is 20.6 Å². The number of alkyl halides is 3. The summed E-state index contributed by atoms with van der Waals surface area (Å²) in [6.45, 7) is 4.12. The van der Waals surface area contributed by atoms with Crippen LogP contribution in [0.5, 0.6) is 11.5 Å². The van der Waals surface area contributed by atoms with Crippen LogP contribution in [0.25, 0.3) is 10.9 Å². The van der Waals surface area contributed by atoms with Crippen LogP contribution in [0, 0.1) is 18.3 Å². The first-order valence-corrected chi connectivity index (χ1v) is 20.6. The number of aryl methyl sites for hydroxylation is 1. The summed E-state index contributed by atoms with van der Waals surface area (Å²) in [6.07, 6.45) is -1.32. The molecule has 18 heteroatoms. The van der Waals surface area contributed by atoms with Gasteiger partial charge in [0.05, 0.1) is 47.7 Å². The Hall–Kier alpha value is -6.46. The summed E-state index contributed by atoms with van der Waals surface area (Å²) in [5.74, 6) is -1.10. The Morgan fingerprint density at radius 2 is 1.82 bits per heavy atom. The number of carbonyl (C=O) groups is 5. The van der Waals surface area contributed by atoms with Crippen LogP contribution in [-0.4, -0.2) is 83.8 Å². The van der Waals surface area contributed by atoms with Crippen molar-refractivity contribution in [3.05, 3.63) is 76.6 Å². The van der Waals surface area contributed by atoms with Gasteiger partial charge in [0.15, 0.2) is 11.5 Å². The smallest absolute Gasteiger partial charge is 0.416 e. The Morgan fingerprint density at radius 1 is 1.05 bits per heavy atom. The van der Waals surface area contributed by atoms with E-state index in [1.54, 1.807) is 51.2 Å². The van der Waals surface area contributed by atoms with E-state index >= 15 is 0 Å². The fourth-order valence-electron chi connectivity index (χ4n) is 9.07. The third kappa shape index (κ3) is 8.04. The number of methoxy groups -OCH3 is 1. The Morgan fingerprint density at radius 3 is 2.52 bits per heavy atom. The summed E-state index contributed by atoms with van der Waals surface area (Å²) in [4.78, 5) is 77.8. The predicted molar refractivity (Wildman–Crippen MR) is 222 cm³/mol. The summed E-state index contributed by atoms with van der Waals surface area (Å²) in [6, 6.07) is 9.99. The maximum atomic E-state index is 14.1. The van der Waals surface area contributed by atoms with E-state index in [2.05, 4.69) is 30.8 Å². The lowest BCUT2D eigenvalue weighted by molar-refractivity contribution is -0.138. The van der Waals surface area contributed by atoms with Gasteiger partial charge in [0.25, 0.3) is 11.8 Å². The first kappa shape index (κ1) is 42.2. The van der Waals surface area contributed by atoms with Gasteiger partial charge in [-0.1, -0.05) is 6.07 Å². The number of nitrogens with zero attached hydrogens (tertiary/aromatic N) is 4. The lowest BCUT2D eigenvalue weighted by atomic mass is 9.83. The first-order valence-electron chi connectivity index (χ1n) is 20.6.